The van der Waals surface area contributed by atoms with Gasteiger partial charge in [-0.3, -0.25) is 4.79 Å². The highest BCUT2D eigenvalue weighted by molar-refractivity contribution is 6.00. The van der Waals surface area contributed by atoms with Crippen molar-refractivity contribution >= 4 is 5.91 Å². The molecule has 1 heterocycles. The zero-order valence-corrected chi connectivity index (χ0v) is 14.4. The number of hydrogen-bond donors (Lipinski definition) is 1. The number of hydrogen-bond acceptors (Lipinski definition) is 4. The van der Waals surface area contributed by atoms with Crippen LogP contribution in [0.25, 0.3) is 11.3 Å². The molecule has 0 aliphatic heterocycles. The van der Waals surface area contributed by atoms with Crippen LogP contribution in [0.15, 0.2) is 30.6 Å². The Bertz CT molecular complexity index is 727. The standard InChI is InChI=1S/C19H24N4O/c1-23(2)12-11-20-19(24)15-8-4-3-7-14(15)18-16-9-5-6-10-17(16)21-13-22-18/h3-4,7-8,13H,5-6,9-12H2,1-2H3,(H,20,24). The molecule has 0 saturated heterocycles. The number of nitrogens with one attached hydrogen (secondary N) is 1. The highest BCUT2D eigenvalue weighted by Gasteiger charge is 2.20. The molecule has 1 aromatic carbocycles. The normalized spacial score (nSPS) is 13.6. The first kappa shape index (κ1) is 16.6. The van der Waals surface area contributed by atoms with E-state index >= 15 is 0 Å². The Morgan fingerprint density at radius 2 is 1.96 bits per heavy atom. The number of carbonyl (C=O) groups excluding carboxylic acids is 1. The molecule has 5 heteroatoms. The van der Waals surface area contributed by atoms with E-state index in [1.165, 1.54) is 12.0 Å². The van der Waals surface area contributed by atoms with Gasteiger partial charge in [-0.2, -0.15) is 0 Å². The maximum absolute atomic E-state index is 12.6. The number of aromatic nitrogens is 2. The van der Waals surface area contributed by atoms with E-state index in [0.29, 0.717) is 12.1 Å². The highest BCUT2D eigenvalue weighted by atomic mass is 16.1. The Morgan fingerprint density at radius 3 is 2.79 bits per heavy atom. The zero-order valence-electron chi connectivity index (χ0n) is 14.4. The van der Waals surface area contributed by atoms with E-state index in [0.717, 1.165) is 42.8 Å². The van der Waals surface area contributed by atoms with Gasteiger partial charge in [0, 0.05) is 35.5 Å². The maximum atomic E-state index is 12.6. The summed E-state index contributed by atoms with van der Waals surface area (Å²) >= 11 is 0. The summed E-state index contributed by atoms with van der Waals surface area (Å²) in [5.41, 5.74) is 4.84. The van der Waals surface area contributed by atoms with Gasteiger partial charge in [0.05, 0.1) is 5.69 Å². The summed E-state index contributed by atoms with van der Waals surface area (Å²) in [5, 5.41) is 3.00. The van der Waals surface area contributed by atoms with Crippen molar-refractivity contribution in [2.45, 2.75) is 25.7 Å². The fourth-order valence-electron chi connectivity index (χ4n) is 3.13. The smallest absolute Gasteiger partial charge is 0.252 e. The van der Waals surface area contributed by atoms with Crippen molar-refractivity contribution in [2.24, 2.45) is 0 Å². The van der Waals surface area contributed by atoms with Gasteiger partial charge < -0.3 is 10.2 Å². The van der Waals surface area contributed by atoms with Gasteiger partial charge >= 0.3 is 0 Å². The van der Waals surface area contributed by atoms with E-state index in [4.69, 9.17) is 0 Å². The summed E-state index contributed by atoms with van der Waals surface area (Å²) < 4.78 is 0. The summed E-state index contributed by atoms with van der Waals surface area (Å²) in [5.74, 6) is -0.0457. The maximum Gasteiger partial charge on any atom is 0.252 e. The van der Waals surface area contributed by atoms with Crippen LogP contribution >= 0.6 is 0 Å². The fraction of sp³-hybridized carbons (Fsp3) is 0.421. The van der Waals surface area contributed by atoms with Crippen molar-refractivity contribution in [3.8, 4) is 11.3 Å². The van der Waals surface area contributed by atoms with Crippen molar-refractivity contribution in [1.29, 1.82) is 0 Å². The number of fused-ring (bicyclic) bond motifs is 1. The largest absolute Gasteiger partial charge is 0.351 e. The first-order chi connectivity index (χ1) is 11.7. The van der Waals surface area contributed by atoms with Gasteiger partial charge in [-0.05, 0) is 45.8 Å². The topological polar surface area (TPSA) is 58.1 Å². The minimum Gasteiger partial charge on any atom is -0.351 e. The first-order valence-electron chi connectivity index (χ1n) is 8.52. The van der Waals surface area contributed by atoms with E-state index in [1.54, 1.807) is 6.33 Å². The Morgan fingerprint density at radius 1 is 1.17 bits per heavy atom. The van der Waals surface area contributed by atoms with Crippen molar-refractivity contribution < 1.29 is 4.79 Å². The Labute approximate surface area is 143 Å². The van der Waals surface area contributed by atoms with Gasteiger partial charge in [-0.15, -0.1) is 0 Å². The SMILES string of the molecule is CN(C)CCNC(=O)c1ccccc1-c1ncnc2c1CCCC2. The molecular weight excluding hydrogens is 300 g/mol. The first-order valence-corrected chi connectivity index (χ1v) is 8.52. The molecule has 126 valence electrons. The minimum absolute atomic E-state index is 0.0457. The third-order valence-electron chi connectivity index (χ3n) is 4.40. The molecule has 0 spiro atoms. The molecule has 5 nitrogen and oxygen atoms in total. The molecule has 1 amide bonds. The van der Waals surface area contributed by atoms with Crippen LogP contribution < -0.4 is 5.32 Å². The molecule has 2 aromatic rings. The molecule has 1 N–H and O–H groups in total. The van der Waals surface area contributed by atoms with E-state index in [1.807, 2.05) is 43.3 Å². The molecular formula is C19H24N4O. The van der Waals surface area contributed by atoms with Crippen LogP contribution in [0.3, 0.4) is 0 Å². The van der Waals surface area contributed by atoms with E-state index in [2.05, 4.69) is 15.3 Å². The van der Waals surface area contributed by atoms with E-state index in [9.17, 15) is 4.79 Å². The van der Waals surface area contributed by atoms with Crippen molar-refractivity contribution in [3.05, 3.63) is 47.4 Å². The summed E-state index contributed by atoms with van der Waals surface area (Å²) in [4.78, 5) is 23.6. The van der Waals surface area contributed by atoms with Crippen molar-refractivity contribution in [3.63, 3.8) is 0 Å². The van der Waals surface area contributed by atoms with Gasteiger partial charge in [-0.25, -0.2) is 9.97 Å². The van der Waals surface area contributed by atoms with Crippen LogP contribution in [0, 0.1) is 0 Å². The van der Waals surface area contributed by atoms with Crippen LogP contribution in [0.4, 0.5) is 0 Å². The van der Waals surface area contributed by atoms with Gasteiger partial charge in [-0.1, -0.05) is 18.2 Å². The molecule has 0 unspecified atom stereocenters. The molecule has 0 saturated carbocycles. The number of likely N-dealkylation sites (N-methyl/N-ethyl adjacent to an activating group) is 1. The summed E-state index contributed by atoms with van der Waals surface area (Å²) in [6.07, 6.45) is 5.95. The van der Waals surface area contributed by atoms with Crippen LogP contribution in [-0.2, 0) is 12.8 Å². The number of aryl methyl sites for hydroxylation is 1. The van der Waals surface area contributed by atoms with Gasteiger partial charge in [0.25, 0.3) is 5.91 Å². The third kappa shape index (κ3) is 3.62. The molecule has 0 bridgehead atoms. The lowest BCUT2D eigenvalue weighted by molar-refractivity contribution is 0.0951. The zero-order chi connectivity index (χ0) is 16.9. The predicted molar refractivity (Wildman–Crippen MR) is 95.0 cm³/mol. The second-order valence-corrected chi connectivity index (χ2v) is 6.46. The molecule has 1 aromatic heterocycles. The molecule has 0 atom stereocenters. The lowest BCUT2D eigenvalue weighted by Crippen LogP contribution is -2.31. The summed E-state index contributed by atoms with van der Waals surface area (Å²) in [6, 6.07) is 7.72. The lowest BCUT2D eigenvalue weighted by atomic mass is 9.91. The average Bonchev–Trinajstić information content (AvgIpc) is 2.61. The Kier molecular flexibility index (Phi) is 5.20. The minimum atomic E-state index is -0.0457. The van der Waals surface area contributed by atoms with Crippen LogP contribution in [0.1, 0.15) is 34.5 Å². The molecule has 24 heavy (non-hydrogen) atoms. The molecule has 0 fully saturated rings. The molecule has 1 aliphatic rings. The van der Waals surface area contributed by atoms with Crippen LogP contribution in [0.2, 0.25) is 0 Å². The second kappa shape index (κ2) is 7.53. The van der Waals surface area contributed by atoms with Gasteiger partial charge in [0.1, 0.15) is 6.33 Å². The van der Waals surface area contributed by atoms with Gasteiger partial charge in [0.2, 0.25) is 0 Å². The van der Waals surface area contributed by atoms with Crippen molar-refractivity contribution in [2.75, 3.05) is 27.2 Å². The monoisotopic (exact) mass is 324 g/mol. The highest BCUT2D eigenvalue weighted by Crippen LogP contribution is 2.30. The fourth-order valence-corrected chi connectivity index (χ4v) is 3.13. The predicted octanol–water partition coefficient (Wildman–Crippen LogP) is 2.31. The number of carbonyl (C=O) groups is 1. The molecule has 0 radical (unpaired) electrons. The Hall–Kier alpha value is -2.27. The van der Waals surface area contributed by atoms with E-state index in [-0.39, 0.29) is 5.91 Å². The average molecular weight is 324 g/mol. The lowest BCUT2D eigenvalue weighted by Gasteiger charge is -2.19. The summed E-state index contributed by atoms with van der Waals surface area (Å²) in [7, 11) is 3.99. The molecule has 3 rings (SSSR count). The van der Waals surface area contributed by atoms with E-state index < -0.39 is 0 Å². The van der Waals surface area contributed by atoms with Gasteiger partial charge in [0.15, 0.2) is 0 Å². The number of benzene rings is 1. The second-order valence-electron chi connectivity index (χ2n) is 6.46. The number of rotatable bonds is 5. The number of nitrogens with zero attached hydrogens (tertiary/aromatic N) is 3. The van der Waals surface area contributed by atoms with Crippen LogP contribution in [-0.4, -0.2) is 48.0 Å². The Balaban J connectivity index is 1.91. The van der Waals surface area contributed by atoms with Crippen LogP contribution in [0.5, 0.6) is 0 Å². The number of amides is 1. The summed E-state index contributed by atoms with van der Waals surface area (Å²) in [6.45, 7) is 1.44. The van der Waals surface area contributed by atoms with Crippen molar-refractivity contribution in [1.82, 2.24) is 20.2 Å². The third-order valence-corrected chi connectivity index (χ3v) is 4.40. The molecule has 1 aliphatic carbocycles. The quantitative estimate of drug-likeness (QED) is 0.917.